The molecule has 0 saturated heterocycles. The Hall–Kier alpha value is -1.07. The van der Waals surface area contributed by atoms with Gasteiger partial charge in [0.2, 0.25) is 0 Å². The van der Waals surface area contributed by atoms with E-state index in [2.05, 4.69) is 40.6 Å². The van der Waals surface area contributed by atoms with Crippen LogP contribution >= 0.6 is 11.6 Å². The van der Waals surface area contributed by atoms with Crippen molar-refractivity contribution in [2.45, 2.75) is 38.7 Å². The van der Waals surface area contributed by atoms with Gasteiger partial charge in [0.15, 0.2) is 5.65 Å². The molecule has 2 rings (SSSR count). The van der Waals surface area contributed by atoms with Crippen LogP contribution in [-0.2, 0) is 13.6 Å². The van der Waals surface area contributed by atoms with Gasteiger partial charge in [-0.3, -0.25) is 4.68 Å². The number of hydrogen-bond acceptors (Lipinski definition) is 3. The van der Waals surface area contributed by atoms with E-state index in [1.807, 2.05) is 25.6 Å². The third kappa shape index (κ3) is 2.49. The number of halogens is 1. The minimum Gasteiger partial charge on any atom is -0.310 e. The van der Waals surface area contributed by atoms with Crippen LogP contribution in [0.5, 0.6) is 0 Å². The Bertz CT molecular complexity index is 581. The van der Waals surface area contributed by atoms with Gasteiger partial charge in [-0.15, -0.1) is 11.6 Å². The molecule has 0 aliphatic heterocycles. The smallest absolute Gasteiger partial charge is 0.158 e. The Morgan fingerprint density at radius 3 is 2.47 bits per heavy atom. The van der Waals surface area contributed by atoms with Crippen LogP contribution in [0.1, 0.15) is 30.7 Å². The maximum absolute atomic E-state index is 6.28. The first-order valence-electron chi connectivity index (χ1n) is 6.53. The fourth-order valence-corrected chi connectivity index (χ4v) is 2.43. The van der Waals surface area contributed by atoms with E-state index < -0.39 is 0 Å². The second kappa shape index (κ2) is 5.13. The van der Waals surface area contributed by atoms with Crippen LogP contribution in [0.4, 0.5) is 0 Å². The van der Waals surface area contributed by atoms with Crippen LogP contribution in [0.15, 0.2) is 0 Å². The molecule has 0 aliphatic rings. The van der Waals surface area contributed by atoms with E-state index in [4.69, 9.17) is 11.6 Å². The zero-order valence-corrected chi connectivity index (χ0v) is 13.2. The molecule has 0 N–H and O–H groups in total. The number of imidazole rings is 1. The molecule has 2 heterocycles. The third-order valence-electron chi connectivity index (χ3n) is 3.60. The minimum atomic E-state index is -0.110. The van der Waals surface area contributed by atoms with Crippen LogP contribution in [0.2, 0.25) is 0 Å². The molecule has 0 aromatic carbocycles. The van der Waals surface area contributed by atoms with Crippen molar-refractivity contribution in [3.05, 3.63) is 11.5 Å². The summed E-state index contributed by atoms with van der Waals surface area (Å²) in [6, 6.07) is 0.404. The Labute approximate surface area is 119 Å². The van der Waals surface area contributed by atoms with Crippen molar-refractivity contribution in [2.75, 3.05) is 14.1 Å². The van der Waals surface area contributed by atoms with E-state index in [0.29, 0.717) is 6.04 Å². The summed E-state index contributed by atoms with van der Waals surface area (Å²) in [5, 5.41) is 4.33. The second-order valence-electron chi connectivity index (χ2n) is 5.39. The Kier molecular flexibility index (Phi) is 3.87. The number of alkyl halides is 1. The highest BCUT2D eigenvalue weighted by molar-refractivity contribution is 6.20. The maximum atomic E-state index is 6.28. The molecular formula is C13H22ClN5. The fraction of sp³-hybridized carbons (Fsp3) is 0.692. The van der Waals surface area contributed by atoms with Crippen molar-refractivity contribution in [2.24, 2.45) is 7.05 Å². The summed E-state index contributed by atoms with van der Waals surface area (Å²) in [7, 11) is 6.12. The largest absolute Gasteiger partial charge is 0.310 e. The highest BCUT2D eigenvalue weighted by atomic mass is 35.5. The molecule has 0 saturated carbocycles. The highest BCUT2D eigenvalue weighted by Gasteiger charge is 2.21. The lowest BCUT2D eigenvalue weighted by atomic mass is 10.3. The Morgan fingerprint density at radius 2 is 1.95 bits per heavy atom. The van der Waals surface area contributed by atoms with Crippen molar-refractivity contribution in [3.8, 4) is 0 Å². The summed E-state index contributed by atoms with van der Waals surface area (Å²) in [4.78, 5) is 6.87. The lowest BCUT2D eigenvalue weighted by Gasteiger charge is -2.22. The molecule has 6 heteroatoms. The Morgan fingerprint density at radius 1 is 1.32 bits per heavy atom. The van der Waals surface area contributed by atoms with Gasteiger partial charge < -0.3 is 9.47 Å². The van der Waals surface area contributed by atoms with Gasteiger partial charge in [0.05, 0.1) is 11.1 Å². The summed E-state index contributed by atoms with van der Waals surface area (Å²) < 4.78 is 4.08. The molecule has 19 heavy (non-hydrogen) atoms. The maximum Gasteiger partial charge on any atom is 0.158 e. The minimum absolute atomic E-state index is 0.110. The zero-order chi connectivity index (χ0) is 14.3. The molecule has 2 atom stereocenters. The van der Waals surface area contributed by atoms with E-state index in [9.17, 15) is 0 Å². The average Bonchev–Trinajstić information content (AvgIpc) is 2.79. The quantitative estimate of drug-likeness (QED) is 0.809. The molecule has 5 nitrogen and oxygen atoms in total. The topological polar surface area (TPSA) is 38.9 Å². The first-order chi connectivity index (χ1) is 8.82. The molecule has 0 spiro atoms. The van der Waals surface area contributed by atoms with Gasteiger partial charge >= 0.3 is 0 Å². The summed E-state index contributed by atoms with van der Waals surface area (Å²) in [6.45, 7) is 6.99. The summed E-state index contributed by atoms with van der Waals surface area (Å²) in [5.41, 5.74) is 2.96. The van der Waals surface area contributed by atoms with Crippen molar-refractivity contribution in [1.29, 1.82) is 0 Å². The lowest BCUT2D eigenvalue weighted by Crippen LogP contribution is -2.30. The first kappa shape index (κ1) is 14.3. The number of hydrogen-bond donors (Lipinski definition) is 0. The molecule has 0 fully saturated rings. The lowest BCUT2D eigenvalue weighted by molar-refractivity contribution is 0.283. The van der Waals surface area contributed by atoms with Crippen LogP contribution < -0.4 is 0 Å². The molecule has 0 amide bonds. The van der Waals surface area contributed by atoms with Gasteiger partial charge in [0.25, 0.3) is 0 Å². The number of fused-ring (bicyclic) bond motifs is 1. The van der Waals surface area contributed by atoms with Crippen LogP contribution in [-0.4, -0.2) is 44.4 Å². The van der Waals surface area contributed by atoms with Crippen molar-refractivity contribution in [1.82, 2.24) is 24.2 Å². The molecule has 2 aromatic heterocycles. The van der Waals surface area contributed by atoms with E-state index in [1.165, 1.54) is 0 Å². The second-order valence-corrected chi connectivity index (χ2v) is 6.05. The zero-order valence-electron chi connectivity index (χ0n) is 12.5. The van der Waals surface area contributed by atoms with Crippen molar-refractivity contribution in [3.63, 3.8) is 0 Å². The van der Waals surface area contributed by atoms with Crippen molar-refractivity contribution < 1.29 is 0 Å². The SMILES string of the molecule is Cc1nn(C)c2c1nc(C(C)Cl)n2CC(C)N(C)C. The number of nitrogens with zero attached hydrogens (tertiary/aromatic N) is 5. The third-order valence-corrected chi connectivity index (χ3v) is 3.80. The number of aryl methyl sites for hydroxylation is 2. The average molecular weight is 284 g/mol. The summed E-state index contributed by atoms with van der Waals surface area (Å²) in [5.74, 6) is 0.918. The van der Waals surface area contributed by atoms with Gasteiger partial charge in [0.1, 0.15) is 11.3 Å². The molecule has 2 unspecified atom stereocenters. The van der Waals surface area contributed by atoms with E-state index in [0.717, 1.165) is 29.2 Å². The Balaban J connectivity index is 2.57. The number of rotatable bonds is 4. The predicted molar refractivity (Wildman–Crippen MR) is 78.7 cm³/mol. The predicted octanol–water partition coefficient (Wildman–Crippen LogP) is 2.33. The first-order valence-corrected chi connectivity index (χ1v) is 6.96. The molecule has 0 bridgehead atoms. The van der Waals surface area contributed by atoms with Gasteiger partial charge in [-0.1, -0.05) is 0 Å². The molecule has 106 valence electrons. The van der Waals surface area contributed by atoms with Gasteiger partial charge in [-0.25, -0.2) is 4.98 Å². The summed E-state index contributed by atoms with van der Waals surface area (Å²) >= 11 is 6.28. The van der Waals surface area contributed by atoms with Gasteiger partial charge in [-0.05, 0) is 34.9 Å². The molecule has 0 aliphatic carbocycles. The van der Waals surface area contributed by atoms with Crippen LogP contribution in [0.25, 0.3) is 11.2 Å². The molecular weight excluding hydrogens is 262 g/mol. The van der Waals surface area contributed by atoms with E-state index >= 15 is 0 Å². The van der Waals surface area contributed by atoms with Crippen molar-refractivity contribution >= 4 is 22.8 Å². The standard InChI is InChI=1S/C13H22ClN5/c1-8(17(4)5)7-19-12(9(2)14)15-11-10(3)16-18(6)13(11)19/h8-9H,7H2,1-6H3. The fourth-order valence-electron chi connectivity index (χ4n) is 2.26. The van der Waals surface area contributed by atoms with Crippen LogP contribution in [0.3, 0.4) is 0 Å². The number of aromatic nitrogens is 4. The van der Waals surface area contributed by atoms with Gasteiger partial charge in [-0.2, -0.15) is 5.10 Å². The highest BCUT2D eigenvalue weighted by Crippen LogP contribution is 2.26. The monoisotopic (exact) mass is 283 g/mol. The molecule has 2 aromatic rings. The van der Waals surface area contributed by atoms with Gasteiger partial charge in [0, 0.05) is 19.6 Å². The normalized spacial score (nSPS) is 15.4. The van der Waals surface area contributed by atoms with E-state index in [1.54, 1.807) is 0 Å². The van der Waals surface area contributed by atoms with Crippen LogP contribution in [0, 0.1) is 6.92 Å². The number of likely N-dealkylation sites (N-methyl/N-ethyl adjacent to an activating group) is 1. The summed E-state index contributed by atoms with van der Waals surface area (Å²) in [6.07, 6.45) is 0. The molecule has 0 radical (unpaired) electrons. The van der Waals surface area contributed by atoms with E-state index in [-0.39, 0.29) is 5.38 Å².